The van der Waals surface area contributed by atoms with Crippen molar-refractivity contribution in [3.63, 3.8) is 0 Å². The number of hydrogen-bond acceptors (Lipinski definition) is 3. The fraction of sp³-hybridized carbons (Fsp3) is 0.500. The second-order valence-corrected chi connectivity index (χ2v) is 5.26. The van der Waals surface area contributed by atoms with Gasteiger partial charge in [0.2, 0.25) is 0 Å². The highest BCUT2D eigenvalue weighted by Gasteiger charge is 2.48. The molecule has 3 nitrogen and oxygen atoms in total. The predicted octanol–water partition coefficient (Wildman–Crippen LogP) is 2.83. The highest BCUT2D eigenvalue weighted by molar-refractivity contribution is 6.00. The van der Waals surface area contributed by atoms with Crippen molar-refractivity contribution in [2.75, 3.05) is 7.11 Å². The Labute approximate surface area is 101 Å². The van der Waals surface area contributed by atoms with Gasteiger partial charge in [0.1, 0.15) is 17.1 Å². The van der Waals surface area contributed by atoms with Gasteiger partial charge in [-0.1, -0.05) is 6.92 Å². The standard InChI is InChI=1S/C14H16O3/c1-9-6-14(7-9)8-12(15)11-5-10(16-2)3-4-13(11)17-14/h3-5,9H,6-8H2,1-2H3. The second kappa shape index (κ2) is 3.49. The maximum absolute atomic E-state index is 12.1. The molecule has 0 radical (unpaired) electrons. The number of fused-ring (bicyclic) bond motifs is 1. The number of carbonyl (C=O) groups is 1. The summed E-state index contributed by atoms with van der Waals surface area (Å²) in [5.74, 6) is 2.27. The number of rotatable bonds is 1. The third-order valence-corrected chi connectivity index (χ3v) is 3.74. The van der Waals surface area contributed by atoms with Crippen LogP contribution in [0.15, 0.2) is 18.2 Å². The Morgan fingerprint density at radius 2 is 2.18 bits per heavy atom. The van der Waals surface area contributed by atoms with Crippen LogP contribution in [0.4, 0.5) is 0 Å². The number of benzene rings is 1. The zero-order valence-electron chi connectivity index (χ0n) is 10.2. The molecule has 2 aliphatic rings. The number of ether oxygens (including phenoxy) is 2. The van der Waals surface area contributed by atoms with Gasteiger partial charge in [-0.05, 0) is 37.0 Å². The third-order valence-electron chi connectivity index (χ3n) is 3.74. The van der Waals surface area contributed by atoms with Crippen molar-refractivity contribution in [2.45, 2.75) is 31.8 Å². The van der Waals surface area contributed by atoms with Gasteiger partial charge < -0.3 is 9.47 Å². The first-order valence-corrected chi connectivity index (χ1v) is 6.02. The summed E-state index contributed by atoms with van der Waals surface area (Å²) in [6.07, 6.45) is 2.49. The van der Waals surface area contributed by atoms with Gasteiger partial charge >= 0.3 is 0 Å². The highest BCUT2D eigenvalue weighted by Crippen LogP contribution is 2.48. The zero-order chi connectivity index (χ0) is 12.0. The van der Waals surface area contributed by atoms with E-state index in [1.807, 2.05) is 12.1 Å². The molecule has 1 heterocycles. The molecule has 3 rings (SSSR count). The molecule has 0 saturated heterocycles. The van der Waals surface area contributed by atoms with Gasteiger partial charge in [-0.15, -0.1) is 0 Å². The van der Waals surface area contributed by atoms with E-state index in [1.165, 1.54) is 0 Å². The topological polar surface area (TPSA) is 35.5 Å². The van der Waals surface area contributed by atoms with Crippen molar-refractivity contribution >= 4 is 5.78 Å². The van der Waals surface area contributed by atoms with Crippen LogP contribution in [-0.2, 0) is 0 Å². The number of Topliss-reactive ketones (excluding diaryl/α,β-unsaturated/α-hetero) is 1. The first kappa shape index (κ1) is 10.6. The Morgan fingerprint density at radius 1 is 1.41 bits per heavy atom. The van der Waals surface area contributed by atoms with Crippen LogP contribution >= 0.6 is 0 Å². The molecule has 0 atom stereocenters. The molecule has 17 heavy (non-hydrogen) atoms. The van der Waals surface area contributed by atoms with E-state index in [9.17, 15) is 4.79 Å². The summed E-state index contributed by atoms with van der Waals surface area (Å²) in [4.78, 5) is 12.1. The van der Waals surface area contributed by atoms with Crippen molar-refractivity contribution in [2.24, 2.45) is 5.92 Å². The quantitative estimate of drug-likeness (QED) is 0.747. The van der Waals surface area contributed by atoms with Crippen LogP contribution in [0.2, 0.25) is 0 Å². The Hall–Kier alpha value is -1.51. The summed E-state index contributed by atoms with van der Waals surface area (Å²) in [5.41, 5.74) is 0.451. The van der Waals surface area contributed by atoms with Gasteiger partial charge in [0.25, 0.3) is 0 Å². The van der Waals surface area contributed by atoms with Gasteiger partial charge in [-0.3, -0.25) is 4.79 Å². The van der Waals surface area contributed by atoms with Crippen molar-refractivity contribution in [3.05, 3.63) is 23.8 Å². The minimum absolute atomic E-state index is 0.178. The van der Waals surface area contributed by atoms with E-state index < -0.39 is 0 Å². The molecule has 3 heteroatoms. The molecular formula is C14H16O3. The highest BCUT2D eigenvalue weighted by atomic mass is 16.5. The van der Waals surface area contributed by atoms with E-state index >= 15 is 0 Å². The van der Waals surface area contributed by atoms with Crippen LogP contribution in [-0.4, -0.2) is 18.5 Å². The molecule has 90 valence electrons. The van der Waals surface area contributed by atoms with E-state index in [0.29, 0.717) is 29.4 Å². The number of carbonyl (C=O) groups excluding carboxylic acids is 1. The molecule has 1 aromatic carbocycles. The van der Waals surface area contributed by atoms with Gasteiger partial charge in [-0.25, -0.2) is 0 Å². The maximum atomic E-state index is 12.1. The Bertz CT molecular complexity index is 472. The van der Waals surface area contributed by atoms with Gasteiger partial charge in [-0.2, -0.15) is 0 Å². The molecule has 1 saturated carbocycles. The summed E-state index contributed by atoms with van der Waals surface area (Å²) in [5, 5.41) is 0. The molecule has 0 N–H and O–H groups in total. The number of methoxy groups -OCH3 is 1. The van der Waals surface area contributed by atoms with Crippen LogP contribution in [0.3, 0.4) is 0 Å². The Morgan fingerprint density at radius 3 is 2.82 bits per heavy atom. The molecule has 0 bridgehead atoms. The molecular weight excluding hydrogens is 216 g/mol. The second-order valence-electron chi connectivity index (χ2n) is 5.26. The summed E-state index contributed by atoms with van der Waals surface area (Å²) < 4.78 is 11.1. The summed E-state index contributed by atoms with van der Waals surface area (Å²) in [7, 11) is 1.60. The fourth-order valence-corrected chi connectivity index (χ4v) is 3.04. The fourth-order valence-electron chi connectivity index (χ4n) is 3.04. The van der Waals surface area contributed by atoms with E-state index in [0.717, 1.165) is 12.8 Å². The molecule has 0 amide bonds. The predicted molar refractivity (Wildman–Crippen MR) is 63.7 cm³/mol. The van der Waals surface area contributed by atoms with Crippen molar-refractivity contribution < 1.29 is 14.3 Å². The van der Waals surface area contributed by atoms with E-state index in [-0.39, 0.29) is 11.4 Å². The monoisotopic (exact) mass is 232 g/mol. The Kier molecular flexibility index (Phi) is 2.18. The summed E-state index contributed by atoms with van der Waals surface area (Å²) >= 11 is 0. The first-order chi connectivity index (χ1) is 8.12. The summed E-state index contributed by atoms with van der Waals surface area (Å²) in [6.45, 7) is 2.20. The lowest BCUT2D eigenvalue weighted by molar-refractivity contribution is -0.0501. The van der Waals surface area contributed by atoms with E-state index in [1.54, 1.807) is 13.2 Å². The smallest absolute Gasteiger partial charge is 0.170 e. The molecule has 1 fully saturated rings. The SMILES string of the molecule is COc1ccc2c(c1)C(=O)CC1(CC(C)C1)O2. The molecule has 1 aliphatic heterocycles. The average Bonchev–Trinajstić information content (AvgIpc) is 2.27. The van der Waals surface area contributed by atoms with E-state index in [4.69, 9.17) is 9.47 Å². The van der Waals surface area contributed by atoms with Gasteiger partial charge in [0.05, 0.1) is 19.1 Å². The normalized spacial score (nSPS) is 30.5. The lowest BCUT2D eigenvalue weighted by Gasteiger charge is -2.48. The summed E-state index contributed by atoms with van der Waals surface area (Å²) in [6, 6.07) is 5.45. The lowest BCUT2D eigenvalue weighted by atomic mass is 9.68. The molecule has 1 aromatic rings. The van der Waals surface area contributed by atoms with Crippen molar-refractivity contribution in [3.8, 4) is 11.5 Å². The van der Waals surface area contributed by atoms with Crippen LogP contribution in [0, 0.1) is 5.92 Å². The molecule has 0 unspecified atom stereocenters. The van der Waals surface area contributed by atoms with Gasteiger partial charge in [0, 0.05) is 0 Å². The van der Waals surface area contributed by atoms with Crippen molar-refractivity contribution in [1.82, 2.24) is 0 Å². The van der Waals surface area contributed by atoms with Crippen LogP contribution in [0.1, 0.15) is 36.5 Å². The average molecular weight is 232 g/mol. The third kappa shape index (κ3) is 1.61. The van der Waals surface area contributed by atoms with Crippen LogP contribution in [0.25, 0.3) is 0 Å². The lowest BCUT2D eigenvalue weighted by Crippen LogP contribution is -2.51. The Balaban J connectivity index is 1.95. The minimum Gasteiger partial charge on any atom is -0.497 e. The van der Waals surface area contributed by atoms with Crippen LogP contribution in [0.5, 0.6) is 11.5 Å². The molecule has 1 aliphatic carbocycles. The van der Waals surface area contributed by atoms with Gasteiger partial charge in [0.15, 0.2) is 5.78 Å². The maximum Gasteiger partial charge on any atom is 0.170 e. The first-order valence-electron chi connectivity index (χ1n) is 6.02. The van der Waals surface area contributed by atoms with E-state index in [2.05, 4.69) is 6.92 Å². The minimum atomic E-state index is -0.210. The number of hydrogen-bond donors (Lipinski definition) is 0. The largest absolute Gasteiger partial charge is 0.497 e. The molecule has 0 aromatic heterocycles. The van der Waals surface area contributed by atoms with Crippen LogP contribution < -0.4 is 9.47 Å². The molecule has 1 spiro atoms. The van der Waals surface area contributed by atoms with Crippen molar-refractivity contribution in [1.29, 1.82) is 0 Å². The number of ketones is 1. The zero-order valence-corrected chi connectivity index (χ0v) is 10.2.